The zero-order chi connectivity index (χ0) is 25.5. The van der Waals surface area contributed by atoms with Crippen LogP contribution in [0.25, 0.3) is 0 Å². The van der Waals surface area contributed by atoms with Gasteiger partial charge in [0.2, 0.25) is 0 Å². The van der Waals surface area contributed by atoms with E-state index in [9.17, 15) is 0 Å². The molecule has 0 N–H and O–H groups in total. The molecule has 0 bridgehead atoms. The van der Waals surface area contributed by atoms with Crippen LogP contribution in [0.5, 0.6) is 0 Å². The van der Waals surface area contributed by atoms with Gasteiger partial charge in [0.15, 0.2) is 0 Å². The van der Waals surface area contributed by atoms with Crippen molar-refractivity contribution in [1.29, 1.82) is 0 Å². The molecule has 0 radical (unpaired) electrons. The maximum Gasteiger partial charge on any atom is -0.0162 e. The summed E-state index contributed by atoms with van der Waals surface area (Å²) in [5.41, 5.74) is 7.62. The molecule has 4 rings (SSSR count). The van der Waals surface area contributed by atoms with Gasteiger partial charge in [0.05, 0.1) is 0 Å². The fourth-order valence-electron chi connectivity index (χ4n) is 6.47. The number of hydrogen-bond donors (Lipinski definition) is 0. The summed E-state index contributed by atoms with van der Waals surface area (Å²) in [6, 6.07) is 16.6. The fraction of sp³-hybridized carbons (Fsp3) is 0.657. The molecule has 0 nitrogen and oxygen atoms in total. The predicted molar refractivity (Wildman–Crippen MR) is 156 cm³/mol. The van der Waals surface area contributed by atoms with Gasteiger partial charge in [0.1, 0.15) is 0 Å². The first-order valence-corrected chi connectivity index (χ1v) is 14.9. The van der Waals surface area contributed by atoms with Crippen molar-refractivity contribution in [2.45, 2.75) is 130 Å². The zero-order valence-corrected chi connectivity index (χ0v) is 24.2. The Morgan fingerprint density at radius 1 is 0.600 bits per heavy atom. The van der Waals surface area contributed by atoms with Gasteiger partial charge in [-0.1, -0.05) is 104 Å². The summed E-state index contributed by atoms with van der Waals surface area (Å²) >= 11 is 0. The van der Waals surface area contributed by atoms with Gasteiger partial charge in [-0.2, -0.15) is 0 Å². The average molecular weight is 475 g/mol. The molecule has 0 aliphatic heterocycles. The molecule has 2 saturated carbocycles. The quantitative estimate of drug-likeness (QED) is 0.404. The van der Waals surface area contributed by atoms with E-state index in [0.29, 0.717) is 11.8 Å². The SMILES string of the molecule is CC1CCC(c2ccc(C(C)C)cc2)CC1.Cc1cc(C2CCC(C(C)C)CC2)ccc1C(C)C. The molecule has 0 spiro atoms. The normalized spacial score (nSPS) is 25.0. The molecule has 0 saturated heterocycles. The fourth-order valence-corrected chi connectivity index (χ4v) is 6.47. The number of hydrogen-bond acceptors (Lipinski definition) is 0. The first kappa shape index (κ1) is 28.0. The third kappa shape index (κ3) is 7.96. The first-order chi connectivity index (χ1) is 16.7. The van der Waals surface area contributed by atoms with Crippen molar-refractivity contribution in [1.82, 2.24) is 0 Å². The van der Waals surface area contributed by atoms with Gasteiger partial charge in [-0.3, -0.25) is 0 Å². The molecule has 2 aromatic carbocycles. The van der Waals surface area contributed by atoms with Crippen LogP contribution in [0, 0.1) is 24.7 Å². The van der Waals surface area contributed by atoms with Crippen molar-refractivity contribution in [2.75, 3.05) is 0 Å². The van der Waals surface area contributed by atoms with Crippen LogP contribution in [-0.2, 0) is 0 Å². The molecule has 2 aromatic rings. The number of rotatable bonds is 5. The highest BCUT2D eigenvalue weighted by Gasteiger charge is 2.24. The summed E-state index contributed by atoms with van der Waals surface area (Å²) < 4.78 is 0. The highest BCUT2D eigenvalue weighted by molar-refractivity contribution is 5.35. The van der Waals surface area contributed by atoms with E-state index >= 15 is 0 Å². The van der Waals surface area contributed by atoms with Crippen LogP contribution in [0.1, 0.15) is 151 Å². The molecule has 0 heterocycles. The molecule has 0 atom stereocenters. The minimum Gasteiger partial charge on any atom is -0.0625 e. The monoisotopic (exact) mass is 474 g/mol. The van der Waals surface area contributed by atoms with Gasteiger partial charge in [0.25, 0.3) is 0 Å². The maximum atomic E-state index is 2.45. The standard InChI is InChI=1S/C19H30.C16H24/c1-13(2)16-6-8-17(9-7-16)18-10-11-19(14(3)4)15(5)12-18;1-12(2)14-8-10-16(11-9-14)15-6-4-13(3)5-7-15/h10-14,16-17H,6-9H2,1-5H3;8-13,15H,4-7H2,1-3H3. The van der Waals surface area contributed by atoms with Crippen LogP contribution in [-0.4, -0.2) is 0 Å². The van der Waals surface area contributed by atoms with Crippen molar-refractivity contribution in [3.8, 4) is 0 Å². The second kappa shape index (κ2) is 13.1. The number of aryl methyl sites for hydroxylation is 1. The second-order valence-corrected chi connectivity index (χ2v) is 12.9. The molecular formula is C35H54. The highest BCUT2D eigenvalue weighted by atomic mass is 14.3. The molecule has 2 aliphatic carbocycles. The van der Waals surface area contributed by atoms with E-state index in [1.54, 1.807) is 11.1 Å². The second-order valence-electron chi connectivity index (χ2n) is 12.9. The third-order valence-corrected chi connectivity index (χ3v) is 9.19. The smallest absolute Gasteiger partial charge is 0.0162 e. The Morgan fingerprint density at radius 3 is 1.60 bits per heavy atom. The van der Waals surface area contributed by atoms with E-state index < -0.39 is 0 Å². The topological polar surface area (TPSA) is 0 Å². The molecule has 0 aromatic heterocycles. The summed E-state index contributed by atoms with van der Waals surface area (Å²) in [5.74, 6) is 5.72. The van der Waals surface area contributed by atoms with E-state index in [1.165, 1.54) is 68.1 Å². The maximum absolute atomic E-state index is 2.45. The lowest BCUT2D eigenvalue weighted by atomic mass is 9.74. The van der Waals surface area contributed by atoms with Crippen molar-refractivity contribution < 1.29 is 0 Å². The molecule has 2 fully saturated rings. The lowest BCUT2D eigenvalue weighted by molar-refractivity contribution is 0.259. The molecule has 0 heteroatoms. The third-order valence-electron chi connectivity index (χ3n) is 9.19. The zero-order valence-electron chi connectivity index (χ0n) is 24.2. The lowest BCUT2D eigenvalue weighted by Gasteiger charge is -2.31. The van der Waals surface area contributed by atoms with Crippen molar-refractivity contribution in [3.05, 3.63) is 70.3 Å². The van der Waals surface area contributed by atoms with Crippen molar-refractivity contribution >= 4 is 0 Å². The largest absolute Gasteiger partial charge is 0.0625 e. The van der Waals surface area contributed by atoms with Gasteiger partial charge in [0, 0.05) is 0 Å². The van der Waals surface area contributed by atoms with E-state index in [4.69, 9.17) is 0 Å². The predicted octanol–water partition coefficient (Wildman–Crippen LogP) is 11.2. The van der Waals surface area contributed by atoms with Crippen molar-refractivity contribution in [2.24, 2.45) is 17.8 Å². The molecule has 0 unspecified atom stereocenters. The Hall–Kier alpha value is -1.56. The molecule has 2 aliphatic rings. The Labute approximate surface area is 218 Å². The molecule has 194 valence electrons. The lowest BCUT2D eigenvalue weighted by Crippen LogP contribution is -2.17. The van der Waals surface area contributed by atoms with Crippen LogP contribution in [0.4, 0.5) is 0 Å². The first-order valence-electron chi connectivity index (χ1n) is 14.9. The molecule has 35 heavy (non-hydrogen) atoms. The Bertz CT molecular complexity index is 869. The van der Waals surface area contributed by atoms with Gasteiger partial charge in [-0.05, 0) is 115 Å². The van der Waals surface area contributed by atoms with Crippen LogP contribution in [0.15, 0.2) is 42.5 Å². The minimum absolute atomic E-state index is 0.644. The summed E-state index contributed by atoms with van der Waals surface area (Å²) in [5, 5.41) is 0. The number of benzene rings is 2. The van der Waals surface area contributed by atoms with Crippen LogP contribution in [0.2, 0.25) is 0 Å². The Kier molecular flexibility index (Phi) is 10.5. The van der Waals surface area contributed by atoms with Gasteiger partial charge in [-0.25, -0.2) is 0 Å². The van der Waals surface area contributed by atoms with E-state index in [2.05, 4.69) is 97.9 Å². The van der Waals surface area contributed by atoms with E-state index in [1.807, 2.05) is 0 Å². The van der Waals surface area contributed by atoms with Crippen LogP contribution >= 0.6 is 0 Å². The summed E-state index contributed by atoms with van der Waals surface area (Å²) in [7, 11) is 0. The summed E-state index contributed by atoms with van der Waals surface area (Å²) in [4.78, 5) is 0. The molecular weight excluding hydrogens is 420 g/mol. The average Bonchev–Trinajstić information content (AvgIpc) is 2.85. The van der Waals surface area contributed by atoms with Crippen LogP contribution < -0.4 is 0 Å². The minimum atomic E-state index is 0.644. The molecule has 0 amide bonds. The van der Waals surface area contributed by atoms with Gasteiger partial charge < -0.3 is 0 Å². The Morgan fingerprint density at radius 2 is 1.11 bits per heavy atom. The summed E-state index contributed by atoms with van der Waals surface area (Å²) in [6.45, 7) is 18.5. The highest BCUT2D eigenvalue weighted by Crippen LogP contribution is 2.39. The summed E-state index contributed by atoms with van der Waals surface area (Å²) in [6.07, 6.45) is 11.2. The van der Waals surface area contributed by atoms with Gasteiger partial charge in [-0.15, -0.1) is 0 Å². The van der Waals surface area contributed by atoms with Gasteiger partial charge >= 0.3 is 0 Å². The van der Waals surface area contributed by atoms with Crippen molar-refractivity contribution in [3.63, 3.8) is 0 Å². The van der Waals surface area contributed by atoms with Crippen LogP contribution in [0.3, 0.4) is 0 Å². The van der Waals surface area contributed by atoms with E-state index in [-0.39, 0.29) is 0 Å². The Balaban J connectivity index is 0.000000198. The van der Waals surface area contributed by atoms with E-state index in [0.717, 1.165) is 29.6 Å².